The fourth-order valence-electron chi connectivity index (χ4n) is 1.44. The van der Waals surface area contributed by atoms with E-state index < -0.39 is 0 Å². The smallest absolute Gasteiger partial charge is 0.141 e. The van der Waals surface area contributed by atoms with Crippen LogP contribution in [0.15, 0.2) is 36.4 Å². The number of rotatable bonds is 2. The summed E-state index contributed by atoms with van der Waals surface area (Å²) in [5.74, 6) is 0.181. The van der Waals surface area contributed by atoms with Crippen molar-refractivity contribution in [2.75, 3.05) is 0 Å². The largest absolute Gasteiger partial charge is 0.506 e. The van der Waals surface area contributed by atoms with E-state index in [0.717, 1.165) is 11.3 Å². The fourth-order valence-corrected chi connectivity index (χ4v) is 1.57. The summed E-state index contributed by atoms with van der Waals surface area (Å²) < 4.78 is 0. The van der Waals surface area contributed by atoms with E-state index in [1.54, 1.807) is 18.2 Å². The molecule has 0 aliphatic carbocycles. The first kappa shape index (κ1) is 11.7. The highest BCUT2D eigenvalue weighted by Crippen LogP contribution is 2.18. The molecule has 0 amide bonds. The first-order chi connectivity index (χ1) is 8.15. The third-order valence-corrected chi connectivity index (χ3v) is 2.60. The number of benzene rings is 1. The molecule has 0 saturated heterocycles. The molecule has 1 aromatic carbocycles. The summed E-state index contributed by atoms with van der Waals surface area (Å²) >= 11 is 5.80. The Hall–Kier alpha value is -1.80. The molecule has 1 N–H and O–H groups in total. The van der Waals surface area contributed by atoms with Crippen molar-refractivity contribution in [3.8, 4) is 5.75 Å². The number of halogens is 1. The number of hydrogen-bond donors (Lipinski definition) is 1. The Bertz CT molecular complexity index is 547. The molecule has 0 spiro atoms. The van der Waals surface area contributed by atoms with E-state index in [1.165, 1.54) is 0 Å². The Morgan fingerprint density at radius 2 is 1.76 bits per heavy atom. The Balaban J connectivity index is 2.25. The second kappa shape index (κ2) is 5.02. The average Bonchev–Trinajstić information content (AvgIpc) is 2.32. The van der Waals surface area contributed by atoms with Crippen LogP contribution < -0.4 is 0 Å². The minimum atomic E-state index is 0.181. The SMILES string of the molecule is Cc1ccc(O)c(C=Cc2ccc(Cl)cc2)n1. The fraction of sp³-hybridized carbons (Fsp3) is 0.0714. The summed E-state index contributed by atoms with van der Waals surface area (Å²) in [5.41, 5.74) is 2.45. The van der Waals surface area contributed by atoms with Crippen LogP contribution in [0.4, 0.5) is 0 Å². The second-order valence-corrected chi connectivity index (χ2v) is 4.18. The highest BCUT2D eigenvalue weighted by molar-refractivity contribution is 6.30. The van der Waals surface area contributed by atoms with Gasteiger partial charge in [-0.25, -0.2) is 4.98 Å². The molecule has 0 atom stereocenters. The van der Waals surface area contributed by atoms with Gasteiger partial charge in [-0.2, -0.15) is 0 Å². The minimum Gasteiger partial charge on any atom is -0.506 e. The Morgan fingerprint density at radius 1 is 1.06 bits per heavy atom. The number of aromatic nitrogens is 1. The third-order valence-electron chi connectivity index (χ3n) is 2.35. The molecule has 0 aliphatic heterocycles. The van der Waals surface area contributed by atoms with E-state index >= 15 is 0 Å². The standard InChI is InChI=1S/C14H12ClNO/c1-10-2-9-14(17)13(16-10)8-5-11-3-6-12(15)7-4-11/h2-9,17H,1H3. The lowest BCUT2D eigenvalue weighted by molar-refractivity contribution is 0.471. The lowest BCUT2D eigenvalue weighted by Gasteiger charge is -1.99. The second-order valence-electron chi connectivity index (χ2n) is 3.74. The van der Waals surface area contributed by atoms with Crippen LogP contribution in [0.5, 0.6) is 5.75 Å². The van der Waals surface area contributed by atoms with Crippen molar-refractivity contribution in [1.29, 1.82) is 0 Å². The van der Waals surface area contributed by atoms with E-state index in [2.05, 4.69) is 4.98 Å². The van der Waals surface area contributed by atoms with Gasteiger partial charge >= 0.3 is 0 Å². The van der Waals surface area contributed by atoms with Crippen molar-refractivity contribution < 1.29 is 5.11 Å². The Labute approximate surface area is 105 Å². The number of nitrogens with zero attached hydrogens (tertiary/aromatic N) is 1. The molecule has 1 aromatic heterocycles. The van der Waals surface area contributed by atoms with Crippen molar-refractivity contribution in [3.05, 3.63) is 58.4 Å². The maximum absolute atomic E-state index is 9.62. The quantitative estimate of drug-likeness (QED) is 0.870. The molecule has 0 aliphatic rings. The van der Waals surface area contributed by atoms with Crippen molar-refractivity contribution >= 4 is 23.8 Å². The van der Waals surface area contributed by atoms with Crippen LogP contribution in [0.2, 0.25) is 5.02 Å². The molecule has 0 unspecified atom stereocenters. The van der Waals surface area contributed by atoms with Gasteiger partial charge in [0.25, 0.3) is 0 Å². The Morgan fingerprint density at radius 3 is 2.47 bits per heavy atom. The van der Waals surface area contributed by atoms with Crippen LogP contribution >= 0.6 is 11.6 Å². The first-order valence-corrected chi connectivity index (χ1v) is 5.63. The minimum absolute atomic E-state index is 0.181. The average molecular weight is 246 g/mol. The van der Waals surface area contributed by atoms with Gasteiger partial charge < -0.3 is 5.11 Å². The number of hydrogen-bond acceptors (Lipinski definition) is 2. The summed E-state index contributed by atoms with van der Waals surface area (Å²) in [4.78, 5) is 4.24. The third kappa shape index (κ3) is 3.08. The summed E-state index contributed by atoms with van der Waals surface area (Å²) in [7, 11) is 0. The van der Waals surface area contributed by atoms with Crippen LogP contribution in [0.1, 0.15) is 17.0 Å². The molecule has 0 bridgehead atoms. The van der Waals surface area contributed by atoms with Crippen molar-refractivity contribution in [3.63, 3.8) is 0 Å². The van der Waals surface area contributed by atoms with Gasteiger partial charge in [-0.3, -0.25) is 0 Å². The summed E-state index contributed by atoms with van der Waals surface area (Å²) in [5, 5.41) is 10.3. The first-order valence-electron chi connectivity index (χ1n) is 5.25. The van der Waals surface area contributed by atoms with Crippen molar-refractivity contribution in [2.24, 2.45) is 0 Å². The van der Waals surface area contributed by atoms with Gasteiger partial charge in [-0.05, 0) is 42.8 Å². The molecular formula is C14H12ClNO. The molecule has 2 aromatic rings. The van der Waals surface area contributed by atoms with E-state index in [0.29, 0.717) is 10.7 Å². The van der Waals surface area contributed by atoms with E-state index in [9.17, 15) is 5.11 Å². The molecule has 2 rings (SSSR count). The van der Waals surface area contributed by atoms with Crippen LogP contribution in [0, 0.1) is 6.92 Å². The zero-order chi connectivity index (χ0) is 12.3. The van der Waals surface area contributed by atoms with Gasteiger partial charge in [0.15, 0.2) is 0 Å². The van der Waals surface area contributed by atoms with Crippen LogP contribution in [0.3, 0.4) is 0 Å². The molecule has 86 valence electrons. The van der Waals surface area contributed by atoms with Crippen molar-refractivity contribution in [1.82, 2.24) is 4.98 Å². The maximum Gasteiger partial charge on any atom is 0.141 e. The lowest BCUT2D eigenvalue weighted by Crippen LogP contribution is -1.85. The summed E-state index contributed by atoms with van der Waals surface area (Å²) in [6, 6.07) is 10.9. The van der Waals surface area contributed by atoms with E-state index in [1.807, 2.05) is 37.3 Å². The number of aryl methyl sites for hydroxylation is 1. The summed E-state index contributed by atoms with van der Waals surface area (Å²) in [6.07, 6.45) is 3.67. The number of pyridine rings is 1. The molecular weight excluding hydrogens is 234 g/mol. The molecule has 0 saturated carbocycles. The maximum atomic E-state index is 9.62. The monoisotopic (exact) mass is 245 g/mol. The van der Waals surface area contributed by atoms with Gasteiger partial charge in [0.1, 0.15) is 11.4 Å². The zero-order valence-electron chi connectivity index (χ0n) is 9.39. The normalized spacial score (nSPS) is 10.9. The molecule has 0 radical (unpaired) electrons. The lowest BCUT2D eigenvalue weighted by atomic mass is 10.2. The summed E-state index contributed by atoms with van der Waals surface area (Å²) in [6.45, 7) is 1.89. The predicted molar refractivity (Wildman–Crippen MR) is 71.0 cm³/mol. The van der Waals surface area contributed by atoms with Gasteiger partial charge in [0, 0.05) is 10.7 Å². The van der Waals surface area contributed by atoms with E-state index in [4.69, 9.17) is 11.6 Å². The van der Waals surface area contributed by atoms with Gasteiger partial charge in [0.05, 0.1) is 0 Å². The predicted octanol–water partition coefficient (Wildman–Crippen LogP) is 3.92. The van der Waals surface area contributed by atoms with Gasteiger partial charge in [-0.15, -0.1) is 0 Å². The van der Waals surface area contributed by atoms with Crippen LogP contribution in [-0.2, 0) is 0 Å². The highest BCUT2D eigenvalue weighted by atomic mass is 35.5. The molecule has 1 heterocycles. The van der Waals surface area contributed by atoms with Crippen LogP contribution in [-0.4, -0.2) is 10.1 Å². The van der Waals surface area contributed by atoms with Gasteiger partial charge in [-0.1, -0.05) is 29.8 Å². The molecule has 17 heavy (non-hydrogen) atoms. The zero-order valence-corrected chi connectivity index (χ0v) is 10.1. The van der Waals surface area contributed by atoms with Crippen LogP contribution in [0.25, 0.3) is 12.2 Å². The molecule has 3 heteroatoms. The highest BCUT2D eigenvalue weighted by Gasteiger charge is 1.98. The number of aromatic hydroxyl groups is 1. The van der Waals surface area contributed by atoms with Crippen molar-refractivity contribution in [2.45, 2.75) is 6.92 Å². The van der Waals surface area contributed by atoms with E-state index in [-0.39, 0.29) is 5.75 Å². The van der Waals surface area contributed by atoms with Gasteiger partial charge in [0.2, 0.25) is 0 Å². The molecule has 0 fully saturated rings. The topological polar surface area (TPSA) is 33.1 Å². The Kier molecular flexibility index (Phi) is 3.45. The molecule has 2 nitrogen and oxygen atoms in total.